The number of nitrogens with zero attached hydrogens (tertiary/aromatic N) is 2. The molecule has 0 bridgehead atoms. The van der Waals surface area contributed by atoms with Gasteiger partial charge in [-0.3, -0.25) is 4.79 Å². The Morgan fingerprint density at radius 1 is 1.28 bits per heavy atom. The van der Waals surface area contributed by atoms with Gasteiger partial charge in [-0.1, -0.05) is 23.2 Å². The van der Waals surface area contributed by atoms with Crippen molar-refractivity contribution >= 4 is 45.0 Å². The van der Waals surface area contributed by atoms with Gasteiger partial charge >= 0.3 is 0 Å². The first kappa shape index (κ1) is 20.4. The number of ether oxygens (including phenoxy) is 1. The second-order valence-corrected chi connectivity index (χ2v) is 8.86. The monoisotopic (exact) mass is 409 g/mol. The minimum Gasteiger partial charge on any atom is -0.373 e. The summed E-state index contributed by atoms with van der Waals surface area (Å²) in [4.78, 5) is 12.1. The fourth-order valence-corrected chi connectivity index (χ4v) is 4.34. The summed E-state index contributed by atoms with van der Waals surface area (Å²) >= 11 is 11.7. The molecule has 1 amide bonds. The number of rotatable bonds is 5. The molecule has 1 fully saturated rings. The molecule has 7 nitrogen and oxygen atoms in total. The molecule has 1 heterocycles. The van der Waals surface area contributed by atoms with Crippen molar-refractivity contribution in [3.63, 3.8) is 0 Å². The summed E-state index contributed by atoms with van der Waals surface area (Å²) in [5, 5.41) is 3.27. The summed E-state index contributed by atoms with van der Waals surface area (Å²) < 4.78 is 33.2. The molecule has 10 heteroatoms. The maximum Gasteiger partial charge on any atom is 0.282 e. The highest BCUT2D eigenvalue weighted by atomic mass is 35.5. The number of carbonyl (C=O) groups excluding carboxylic acids is 1. The largest absolute Gasteiger partial charge is 0.373 e. The third-order valence-electron chi connectivity index (χ3n) is 3.68. The van der Waals surface area contributed by atoms with Crippen LogP contribution in [0, 0.1) is 0 Å². The highest BCUT2D eigenvalue weighted by Crippen LogP contribution is 2.25. The van der Waals surface area contributed by atoms with Crippen LogP contribution in [0.4, 0.5) is 5.69 Å². The Morgan fingerprint density at radius 3 is 2.44 bits per heavy atom. The zero-order valence-electron chi connectivity index (χ0n) is 14.2. The number of amides is 1. The molecule has 0 unspecified atom stereocenters. The fraction of sp³-hybridized carbons (Fsp3) is 0.533. The summed E-state index contributed by atoms with van der Waals surface area (Å²) in [7, 11) is -2.38. The van der Waals surface area contributed by atoms with Gasteiger partial charge in [-0.2, -0.15) is 17.0 Å². The lowest BCUT2D eigenvalue weighted by Gasteiger charge is -2.36. The van der Waals surface area contributed by atoms with Crippen molar-refractivity contribution in [2.24, 2.45) is 0 Å². The number of halogens is 2. The van der Waals surface area contributed by atoms with Gasteiger partial charge in [0, 0.05) is 25.8 Å². The molecule has 1 N–H and O–H groups in total. The molecule has 0 aliphatic carbocycles. The van der Waals surface area contributed by atoms with Gasteiger partial charge in [0.15, 0.2) is 0 Å². The Bertz CT molecular complexity index is 734. The number of morpholine rings is 1. The predicted molar refractivity (Wildman–Crippen MR) is 98.2 cm³/mol. The van der Waals surface area contributed by atoms with Crippen LogP contribution >= 0.6 is 23.2 Å². The van der Waals surface area contributed by atoms with E-state index in [0.717, 1.165) is 4.31 Å². The predicted octanol–water partition coefficient (Wildman–Crippen LogP) is 2.22. The summed E-state index contributed by atoms with van der Waals surface area (Å²) in [6.07, 6.45) is -0.395. The minimum atomic E-state index is -3.75. The zero-order valence-corrected chi connectivity index (χ0v) is 16.5. The Hall–Kier alpha value is -0.900. The summed E-state index contributed by atoms with van der Waals surface area (Å²) in [6.45, 7) is 3.82. The van der Waals surface area contributed by atoms with Crippen LogP contribution in [-0.4, -0.2) is 61.8 Å². The van der Waals surface area contributed by atoms with E-state index in [2.05, 4.69) is 5.32 Å². The van der Waals surface area contributed by atoms with E-state index in [1.807, 2.05) is 13.8 Å². The van der Waals surface area contributed by atoms with Crippen LogP contribution in [0.5, 0.6) is 0 Å². The van der Waals surface area contributed by atoms with E-state index in [-0.39, 0.29) is 31.8 Å². The summed E-state index contributed by atoms with van der Waals surface area (Å²) in [5.74, 6) is -0.473. The van der Waals surface area contributed by atoms with Crippen LogP contribution in [0.2, 0.25) is 10.0 Å². The van der Waals surface area contributed by atoms with Crippen LogP contribution in [0.15, 0.2) is 18.2 Å². The van der Waals surface area contributed by atoms with Gasteiger partial charge in [-0.05, 0) is 32.0 Å². The molecule has 1 aliphatic rings. The van der Waals surface area contributed by atoms with Crippen molar-refractivity contribution in [2.75, 3.05) is 32.0 Å². The number of likely N-dealkylation sites (N-methyl/N-ethyl adjacent to an activating group) is 1. The molecule has 1 saturated heterocycles. The molecular formula is C15H21Cl2N3O4S. The van der Waals surface area contributed by atoms with Gasteiger partial charge in [0.1, 0.15) is 0 Å². The van der Waals surface area contributed by atoms with Crippen molar-refractivity contribution < 1.29 is 17.9 Å². The lowest BCUT2D eigenvalue weighted by atomic mass is 10.3. The molecule has 0 saturated carbocycles. The van der Waals surface area contributed by atoms with E-state index in [1.54, 1.807) is 12.1 Å². The molecular weight excluding hydrogens is 389 g/mol. The number of benzene rings is 1. The summed E-state index contributed by atoms with van der Waals surface area (Å²) in [6, 6.07) is 4.64. The number of hydrogen-bond acceptors (Lipinski definition) is 4. The topological polar surface area (TPSA) is 79.0 Å². The lowest BCUT2D eigenvalue weighted by molar-refractivity contribution is -0.116. The average molecular weight is 410 g/mol. The standard InChI is InChI=1S/C15H21Cl2N3O4S/c1-10-7-20(8-11(2)24-10)25(22,23)19(3)9-15(21)18-12-4-5-13(16)14(17)6-12/h4-6,10-11H,7-9H2,1-3H3,(H,18,21)/t10-,11-/m0/s1. The second-order valence-electron chi connectivity index (χ2n) is 6.02. The third kappa shape index (κ3) is 5.29. The lowest BCUT2D eigenvalue weighted by Crippen LogP contribution is -2.53. The van der Waals surface area contributed by atoms with Crippen LogP contribution in [0.3, 0.4) is 0 Å². The highest BCUT2D eigenvalue weighted by molar-refractivity contribution is 7.86. The van der Waals surface area contributed by atoms with E-state index in [1.165, 1.54) is 17.4 Å². The molecule has 1 aromatic carbocycles. The Labute approximate surface area is 158 Å². The Morgan fingerprint density at radius 2 is 1.88 bits per heavy atom. The van der Waals surface area contributed by atoms with Gasteiger partial charge < -0.3 is 10.1 Å². The van der Waals surface area contributed by atoms with Gasteiger partial charge in [0.05, 0.1) is 28.8 Å². The minimum absolute atomic E-state index is 0.197. The van der Waals surface area contributed by atoms with Crippen LogP contribution in [-0.2, 0) is 19.7 Å². The maximum absolute atomic E-state index is 12.6. The van der Waals surface area contributed by atoms with E-state index >= 15 is 0 Å². The van der Waals surface area contributed by atoms with E-state index in [4.69, 9.17) is 27.9 Å². The third-order valence-corrected chi connectivity index (χ3v) is 6.28. The molecule has 2 atom stereocenters. The van der Waals surface area contributed by atoms with Gasteiger partial charge in [0.2, 0.25) is 5.91 Å². The molecule has 25 heavy (non-hydrogen) atoms. The number of anilines is 1. The van der Waals surface area contributed by atoms with Crippen LogP contribution < -0.4 is 5.32 Å². The first-order valence-corrected chi connectivity index (χ1v) is 9.86. The Balaban J connectivity index is 2.00. The molecule has 1 aliphatic heterocycles. The van der Waals surface area contributed by atoms with Gasteiger partial charge in [0.25, 0.3) is 10.2 Å². The van der Waals surface area contributed by atoms with Crippen molar-refractivity contribution in [1.29, 1.82) is 0 Å². The van der Waals surface area contributed by atoms with E-state index < -0.39 is 16.1 Å². The molecule has 0 spiro atoms. The first-order valence-electron chi connectivity index (χ1n) is 7.71. The summed E-state index contributed by atoms with van der Waals surface area (Å²) in [5.41, 5.74) is 0.443. The number of nitrogens with one attached hydrogen (secondary N) is 1. The van der Waals surface area contributed by atoms with Gasteiger partial charge in [-0.15, -0.1) is 0 Å². The zero-order chi connectivity index (χ0) is 18.8. The van der Waals surface area contributed by atoms with Crippen molar-refractivity contribution in [3.8, 4) is 0 Å². The molecule has 1 aromatic rings. The molecule has 2 rings (SSSR count). The SMILES string of the molecule is C[C@H]1CN(S(=O)(=O)N(C)CC(=O)Nc2ccc(Cl)c(Cl)c2)C[C@H](C)O1. The van der Waals surface area contributed by atoms with Crippen molar-refractivity contribution in [2.45, 2.75) is 26.1 Å². The van der Waals surface area contributed by atoms with Gasteiger partial charge in [-0.25, -0.2) is 0 Å². The highest BCUT2D eigenvalue weighted by Gasteiger charge is 2.34. The van der Waals surface area contributed by atoms with E-state index in [9.17, 15) is 13.2 Å². The maximum atomic E-state index is 12.6. The van der Waals surface area contributed by atoms with Crippen LogP contribution in [0.25, 0.3) is 0 Å². The van der Waals surface area contributed by atoms with Crippen LogP contribution in [0.1, 0.15) is 13.8 Å². The fourth-order valence-electron chi connectivity index (χ4n) is 2.57. The molecule has 0 aromatic heterocycles. The van der Waals surface area contributed by atoms with E-state index in [0.29, 0.717) is 15.7 Å². The first-order chi connectivity index (χ1) is 11.6. The molecule has 140 valence electrons. The molecule has 0 radical (unpaired) electrons. The second kappa shape index (κ2) is 8.20. The Kier molecular flexibility index (Phi) is 6.69. The number of carbonyl (C=O) groups is 1. The quantitative estimate of drug-likeness (QED) is 0.808. The number of hydrogen-bond donors (Lipinski definition) is 1. The average Bonchev–Trinajstić information content (AvgIpc) is 2.49. The van der Waals surface area contributed by atoms with Crippen molar-refractivity contribution in [1.82, 2.24) is 8.61 Å². The normalized spacial score (nSPS) is 22.2. The van der Waals surface area contributed by atoms with Crippen molar-refractivity contribution in [3.05, 3.63) is 28.2 Å². The smallest absolute Gasteiger partial charge is 0.282 e.